The molecule has 0 fully saturated rings. The van der Waals surface area contributed by atoms with Gasteiger partial charge in [-0.2, -0.15) is 10.4 Å². The fraction of sp³-hybridized carbons (Fsp3) is 0.250. The Balaban J connectivity index is 2.41. The fourth-order valence-corrected chi connectivity index (χ4v) is 1.74. The lowest BCUT2D eigenvalue weighted by molar-refractivity contribution is -0.110. The molecule has 6 heteroatoms. The van der Waals surface area contributed by atoms with E-state index in [0.29, 0.717) is 11.5 Å². The summed E-state index contributed by atoms with van der Waals surface area (Å²) in [7, 11) is 1.73. The van der Waals surface area contributed by atoms with Gasteiger partial charge in [-0.25, -0.2) is 9.40 Å². The van der Waals surface area contributed by atoms with E-state index >= 15 is 0 Å². The van der Waals surface area contributed by atoms with E-state index in [1.807, 2.05) is 0 Å². The molecular formula is C12H11FN4O. The van der Waals surface area contributed by atoms with Crippen molar-refractivity contribution in [3.8, 4) is 6.07 Å². The smallest absolute Gasteiger partial charge is 0.180 e. The minimum atomic E-state index is -0.623. The van der Waals surface area contributed by atoms with Crippen molar-refractivity contribution in [3.63, 3.8) is 0 Å². The van der Waals surface area contributed by atoms with Gasteiger partial charge in [0, 0.05) is 13.1 Å². The molecule has 0 amide bonds. The zero-order chi connectivity index (χ0) is 13.3. The number of hydrogen-bond acceptors (Lipinski definition) is 5. The molecule has 0 aromatic heterocycles. The third-order valence-electron chi connectivity index (χ3n) is 2.87. The van der Waals surface area contributed by atoms with Crippen LogP contribution in [0.2, 0.25) is 0 Å². The number of carbonyl (C=O) groups is 1. The standard InChI is InChI=1S/C12H11FN4O/c1-8-15-17(12(7-18)16(8)2)10-4-3-9(6-14)11(13)5-10/h3-5,7,12H,1-2H3. The number of hydrogen-bond donors (Lipinski definition) is 0. The van der Waals surface area contributed by atoms with Gasteiger partial charge < -0.3 is 4.90 Å². The minimum Gasteiger partial charge on any atom is -0.334 e. The number of hydrazone groups is 1. The molecule has 0 N–H and O–H groups in total. The number of carbonyl (C=O) groups excluding carboxylic acids is 1. The van der Waals surface area contributed by atoms with Gasteiger partial charge in [-0.15, -0.1) is 0 Å². The van der Waals surface area contributed by atoms with E-state index in [0.717, 1.165) is 6.29 Å². The number of nitrogens with zero attached hydrogens (tertiary/aromatic N) is 4. The van der Waals surface area contributed by atoms with Crippen LogP contribution in [0, 0.1) is 17.1 Å². The molecule has 0 saturated carbocycles. The van der Waals surface area contributed by atoms with Crippen LogP contribution in [-0.4, -0.2) is 30.2 Å². The molecule has 0 radical (unpaired) electrons. The molecule has 1 aromatic rings. The van der Waals surface area contributed by atoms with Gasteiger partial charge in [-0.1, -0.05) is 0 Å². The summed E-state index contributed by atoms with van der Waals surface area (Å²) in [6, 6.07) is 5.88. The first-order valence-corrected chi connectivity index (χ1v) is 5.30. The van der Waals surface area contributed by atoms with Gasteiger partial charge in [-0.05, 0) is 19.1 Å². The Labute approximate surface area is 104 Å². The fourth-order valence-electron chi connectivity index (χ4n) is 1.74. The topological polar surface area (TPSA) is 59.7 Å². The molecule has 1 unspecified atom stereocenters. The molecule has 0 bridgehead atoms. The Morgan fingerprint density at radius 1 is 1.56 bits per heavy atom. The largest absolute Gasteiger partial charge is 0.334 e. The monoisotopic (exact) mass is 246 g/mol. The second-order valence-corrected chi connectivity index (χ2v) is 3.93. The number of likely N-dealkylation sites (N-methyl/N-ethyl adjacent to an activating group) is 1. The summed E-state index contributed by atoms with van der Waals surface area (Å²) >= 11 is 0. The van der Waals surface area contributed by atoms with Gasteiger partial charge in [0.2, 0.25) is 0 Å². The number of aldehydes is 1. The van der Waals surface area contributed by atoms with Gasteiger partial charge in [0.1, 0.15) is 17.7 Å². The van der Waals surface area contributed by atoms with Crippen LogP contribution in [-0.2, 0) is 4.79 Å². The summed E-state index contributed by atoms with van der Waals surface area (Å²) in [6.45, 7) is 1.76. The van der Waals surface area contributed by atoms with Crippen molar-refractivity contribution in [2.45, 2.75) is 13.1 Å². The molecule has 1 heterocycles. The van der Waals surface area contributed by atoms with E-state index in [1.165, 1.54) is 17.1 Å². The lowest BCUT2D eigenvalue weighted by atomic mass is 10.2. The first-order valence-electron chi connectivity index (χ1n) is 5.30. The highest BCUT2D eigenvalue weighted by molar-refractivity contribution is 5.88. The Hall–Kier alpha value is -2.42. The average molecular weight is 246 g/mol. The number of amidine groups is 1. The molecule has 0 saturated heterocycles. The Bertz CT molecular complexity index is 564. The van der Waals surface area contributed by atoms with E-state index in [1.54, 1.807) is 31.0 Å². The van der Waals surface area contributed by atoms with Crippen molar-refractivity contribution < 1.29 is 9.18 Å². The van der Waals surface area contributed by atoms with Crippen molar-refractivity contribution in [1.82, 2.24) is 4.90 Å². The highest BCUT2D eigenvalue weighted by Crippen LogP contribution is 2.25. The zero-order valence-corrected chi connectivity index (χ0v) is 9.96. The van der Waals surface area contributed by atoms with Crippen LogP contribution in [0.5, 0.6) is 0 Å². The van der Waals surface area contributed by atoms with Gasteiger partial charge >= 0.3 is 0 Å². The van der Waals surface area contributed by atoms with Crippen LogP contribution in [0.25, 0.3) is 0 Å². The Kier molecular flexibility index (Phi) is 2.98. The summed E-state index contributed by atoms with van der Waals surface area (Å²) in [6.07, 6.45) is 0.146. The van der Waals surface area contributed by atoms with Gasteiger partial charge in [-0.3, -0.25) is 4.79 Å². The Morgan fingerprint density at radius 3 is 2.83 bits per heavy atom. The molecule has 0 aliphatic carbocycles. The van der Waals surface area contributed by atoms with Crippen molar-refractivity contribution in [3.05, 3.63) is 29.6 Å². The second-order valence-electron chi connectivity index (χ2n) is 3.93. The minimum absolute atomic E-state index is 0.0327. The quantitative estimate of drug-likeness (QED) is 0.738. The first kappa shape index (κ1) is 12.0. The maximum Gasteiger partial charge on any atom is 0.180 e. The summed E-state index contributed by atoms with van der Waals surface area (Å²) in [5.74, 6) is 0.0407. The molecule has 2 rings (SSSR count). The van der Waals surface area contributed by atoms with Crippen molar-refractivity contribution >= 4 is 17.8 Å². The van der Waals surface area contributed by atoms with E-state index in [-0.39, 0.29) is 5.56 Å². The van der Waals surface area contributed by atoms with Crippen LogP contribution >= 0.6 is 0 Å². The number of halogens is 1. The number of benzene rings is 1. The molecule has 5 nitrogen and oxygen atoms in total. The summed E-state index contributed by atoms with van der Waals surface area (Å²) < 4.78 is 13.5. The number of rotatable bonds is 2. The SMILES string of the molecule is CC1=NN(c2ccc(C#N)c(F)c2)C(C=O)N1C. The van der Waals surface area contributed by atoms with E-state index in [9.17, 15) is 9.18 Å². The lowest BCUT2D eigenvalue weighted by Crippen LogP contribution is -2.40. The lowest BCUT2D eigenvalue weighted by Gasteiger charge is -2.23. The van der Waals surface area contributed by atoms with Crippen LogP contribution in [0.3, 0.4) is 0 Å². The molecule has 18 heavy (non-hydrogen) atoms. The highest BCUT2D eigenvalue weighted by atomic mass is 19.1. The summed E-state index contributed by atoms with van der Waals surface area (Å²) in [4.78, 5) is 12.7. The van der Waals surface area contributed by atoms with Crippen LogP contribution in [0.15, 0.2) is 23.3 Å². The van der Waals surface area contributed by atoms with Crippen LogP contribution in [0.1, 0.15) is 12.5 Å². The predicted octanol–water partition coefficient (Wildman–Crippen LogP) is 1.31. The maximum absolute atomic E-state index is 13.5. The Morgan fingerprint density at radius 2 is 2.28 bits per heavy atom. The van der Waals surface area contributed by atoms with Gasteiger partial charge in [0.25, 0.3) is 0 Å². The third-order valence-corrected chi connectivity index (χ3v) is 2.87. The molecule has 1 aliphatic rings. The summed E-state index contributed by atoms with van der Waals surface area (Å²) in [5.41, 5.74) is 0.405. The van der Waals surface area contributed by atoms with Gasteiger partial charge in [0.05, 0.1) is 11.3 Å². The number of nitriles is 1. The maximum atomic E-state index is 13.5. The van der Waals surface area contributed by atoms with Crippen molar-refractivity contribution in [2.75, 3.05) is 12.1 Å². The molecule has 92 valence electrons. The number of anilines is 1. The third kappa shape index (κ3) is 1.80. The van der Waals surface area contributed by atoms with E-state index in [4.69, 9.17) is 5.26 Å². The normalized spacial score (nSPS) is 18.6. The molecular weight excluding hydrogens is 235 g/mol. The van der Waals surface area contributed by atoms with Crippen molar-refractivity contribution in [2.24, 2.45) is 5.10 Å². The first-order chi connectivity index (χ1) is 8.58. The van der Waals surface area contributed by atoms with Crippen LogP contribution in [0.4, 0.5) is 10.1 Å². The van der Waals surface area contributed by atoms with E-state index in [2.05, 4.69) is 5.10 Å². The van der Waals surface area contributed by atoms with Crippen molar-refractivity contribution in [1.29, 1.82) is 5.26 Å². The zero-order valence-electron chi connectivity index (χ0n) is 9.96. The average Bonchev–Trinajstić information content (AvgIpc) is 2.65. The molecule has 0 spiro atoms. The predicted molar refractivity (Wildman–Crippen MR) is 64.3 cm³/mol. The second kappa shape index (κ2) is 4.45. The molecule has 1 aromatic carbocycles. The molecule has 1 atom stereocenters. The van der Waals surface area contributed by atoms with Crippen LogP contribution < -0.4 is 5.01 Å². The van der Waals surface area contributed by atoms with E-state index < -0.39 is 12.0 Å². The highest BCUT2D eigenvalue weighted by Gasteiger charge is 2.30. The van der Waals surface area contributed by atoms with Gasteiger partial charge in [0.15, 0.2) is 12.5 Å². The summed E-state index contributed by atoms with van der Waals surface area (Å²) in [5, 5.41) is 14.3. The molecule has 1 aliphatic heterocycles.